The lowest BCUT2D eigenvalue weighted by molar-refractivity contribution is -0.137. The zero-order valence-corrected chi connectivity index (χ0v) is 12.7. The maximum absolute atomic E-state index is 12.8. The van der Waals surface area contributed by atoms with Crippen molar-refractivity contribution in [3.63, 3.8) is 0 Å². The van der Waals surface area contributed by atoms with Gasteiger partial charge < -0.3 is 5.11 Å². The molecular weight excluding hydrogens is 290 g/mol. The average molecular weight is 307 g/mol. The first-order valence-corrected chi connectivity index (χ1v) is 7.99. The van der Waals surface area contributed by atoms with Crippen molar-refractivity contribution in [2.45, 2.75) is 24.8 Å². The highest BCUT2D eigenvalue weighted by atomic mass is 32.2. The molecule has 0 bridgehead atoms. The molecule has 0 aliphatic heterocycles. The van der Waals surface area contributed by atoms with Gasteiger partial charge in [-0.2, -0.15) is 4.31 Å². The predicted octanol–water partition coefficient (Wildman–Crippen LogP) is 2.32. The Kier molecular flexibility index (Phi) is 4.29. The summed E-state index contributed by atoms with van der Waals surface area (Å²) in [4.78, 5) is 11.1. The molecular formula is C15H17NO4S. The molecule has 2 rings (SSSR count). The third-order valence-electron chi connectivity index (χ3n) is 3.20. The van der Waals surface area contributed by atoms with Crippen molar-refractivity contribution in [1.29, 1.82) is 0 Å². The number of hydrogen-bond donors (Lipinski definition) is 1. The molecule has 6 heteroatoms. The predicted molar refractivity (Wildman–Crippen MR) is 80.6 cm³/mol. The van der Waals surface area contributed by atoms with Gasteiger partial charge in [0.1, 0.15) is 6.54 Å². The van der Waals surface area contributed by atoms with E-state index >= 15 is 0 Å². The highest BCUT2D eigenvalue weighted by Crippen LogP contribution is 2.26. The lowest BCUT2D eigenvalue weighted by Gasteiger charge is -2.24. The molecule has 21 heavy (non-hydrogen) atoms. The van der Waals surface area contributed by atoms with E-state index in [2.05, 4.69) is 0 Å². The maximum Gasteiger partial charge on any atom is 0.318 e. The van der Waals surface area contributed by atoms with E-state index in [0.29, 0.717) is 5.39 Å². The Morgan fingerprint density at radius 2 is 1.76 bits per heavy atom. The Labute approximate surface area is 123 Å². The van der Waals surface area contributed by atoms with Crippen molar-refractivity contribution in [2.24, 2.45) is 0 Å². The zero-order chi connectivity index (χ0) is 15.6. The third-order valence-corrected chi connectivity index (χ3v) is 5.28. The van der Waals surface area contributed by atoms with Crippen molar-refractivity contribution < 1.29 is 18.3 Å². The SMILES string of the molecule is CC(C)N(CC(=O)O)S(=O)(=O)c1cccc2ccccc12. The summed E-state index contributed by atoms with van der Waals surface area (Å²) in [5.74, 6) is -1.17. The number of carbonyl (C=O) groups is 1. The second kappa shape index (κ2) is 5.83. The summed E-state index contributed by atoms with van der Waals surface area (Å²) in [6.07, 6.45) is 0. The standard InChI is InChI=1S/C15H17NO4S/c1-11(2)16(10-15(17)18)21(19,20)14-9-5-7-12-6-3-4-8-13(12)14/h3-9,11H,10H2,1-2H3,(H,17,18). The largest absolute Gasteiger partial charge is 0.480 e. The van der Waals surface area contributed by atoms with Crippen LogP contribution in [-0.4, -0.2) is 36.4 Å². The van der Waals surface area contributed by atoms with Crippen LogP contribution in [0.15, 0.2) is 47.4 Å². The molecule has 0 saturated heterocycles. The Morgan fingerprint density at radius 1 is 1.14 bits per heavy atom. The van der Waals surface area contributed by atoms with Gasteiger partial charge in [0.2, 0.25) is 10.0 Å². The summed E-state index contributed by atoms with van der Waals surface area (Å²) in [5.41, 5.74) is 0. The van der Waals surface area contributed by atoms with Crippen LogP contribution in [0.3, 0.4) is 0 Å². The summed E-state index contributed by atoms with van der Waals surface area (Å²) in [7, 11) is -3.87. The fourth-order valence-corrected chi connectivity index (χ4v) is 4.03. The fraction of sp³-hybridized carbons (Fsp3) is 0.267. The number of carboxylic acids is 1. The van der Waals surface area contributed by atoms with Crippen molar-refractivity contribution in [3.05, 3.63) is 42.5 Å². The molecule has 0 aromatic heterocycles. The molecule has 0 amide bonds. The quantitative estimate of drug-likeness (QED) is 0.920. The van der Waals surface area contributed by atoms with Gasteiger partial charge in [0.25, 0.3) is 0 Å². The average Bonchev–Trinajstić information content (AvgIpc) is 2.43. The first kappa shape index (κ1) is 15.5. The lowest BCUT2D eigenvalue weighted by atomic mass is 10.1. The number of carboxylic acid groups (broad SMARTS) is 1. The van der Waals surface area contributed by atoms with Crippen LogP contribution >= 0.6 is 0 Å². The summed E-state index contributed by atoms with van der Waals surface area (Å²) in [6, 6.07) is 11.7. The number of fused-ring (bicyclic) bond motifs is 1. The van der Waals surface area contributed by atoms with Crippen LogP contribution in [0.5, 0.6) is 0 Å². The molecule has 0 unspecified atom stereocenters. The van der Waals surface area contributed by atoms with E-state index < -0.39 is 28.6 Å². The van der Waals surface area contributed by atoms with Crippen molar-refractivity contribution in [1.82, 2.24) is 4.31 Å². The Balaban J connectivity index is 2.62. The van der Waals surface area contributed by atoms with Gasteiger partial charge in [-0.25, -0.2) is 8.42 Å². The monoisotopic (exact) mass is 307 g/mol. The maximum atomic E-state index is 12.8. The molecule has 0 radical (unpaired) electrons. The van der Waals surface area contributed by atoms with E-state index in [9.17, 15) is 13.2 Å². The smallest absolute Gasteiger partial charge is 0.318 e. The number of hydrogen-bond acceptors (Lipinski definition) is 3. The molecule has 2 aromatic rings. The van der Waals surface area contributed by atoms with Gasteiger partial charge in [0, 0.05) is 11.4 Å². The molecule has 2 aromatic carbocycles. The highest BCUT2D eigenvalue weighted by Gasteiger charge is 2.30. The number of sulfonamides is 1. The summed E-state index contributed by atoms with van der Waals surface area (Å²) < 4.78 is 26.6. The number of aliphatic carboxylic acids is 1. The summed E-state index contributed by atoms with van der Waals surface area (Å²) in [6.45, 7) is 2.76. The third kappa shape index (κ3) is 3.06. The van der Waals surface area contributed by atoms with E-state index in [1.807, 2.05) is 18.2 Å². The van der Waals surface area contributed by atoms with Crippen molar-refractivity contribution >= 4 is 26.8 Å². The summed E-state index contributed by atoms with van der Waals surface area (Å²) >= 11 is 0. The topological polar surface area (TPSA) is 74.7 Å². The van der Waals surface area contributed by atoms with Crippen LogP contribution in [0.25, 0.3) is 10.8 Å². The molecule has 0 saturated carbocycles. The minimum absolute atomic E-state index is 0.135. The van der Waals surface area contributed by atoms with Gasteiger partial charge >= 0.3 is 5.97 Å². The minimum atomic E-state index is -3.87. The van der Waals surface area contributed by atoms with E-state index in [4.69, 9.17) is 5.11 Å². The first-order chi connectivity index (χ1) is 9.84. The van der Waals surface area contributed by atoms with E-state index in [1.165, 1.54) is 6.07 Å². The van der Waals surface area contributed by atoms with E-state index in [-0.39, 0.29) is 4.90 Å². The molecule has 0 aliphatic rings. The van der Waals surface area contributed by atoms with Crippen LogP contribution in [-0.2, 0) is 14.8 Å². The van der Waals surface area contributed by atoms with Crippen molar-refractivity contribution in [2.75, 3.05) is 6.54 Å². The number of benzene rings is 2. The van der Waals surface area contributed by atoms with Crippen molar-refractivity contribution in [3.8, 4) is 0 Å². The van der Waals surface area contributed by atoms with Gasteiger partial charge in [-0.1, -0.05) is 36.4 Å². The van der Waals surface area contributed by atoms with Gasteiger partial charge in [-0.15, -0.1) is 0 Å². The molecule has 0 heterocycles. The number of nitrogens with zero attached hydrogens (tertiary/aromatic N) is 1. The Morgan fingerprint density at radius 3 is 2.38 bits per heavy atom. The molecule has 112 valence electrons. The lowest BCUT2D eigenvalue weighted by Crippen LogP contribution is -2.40. The first-order valence-electron chi connectivity index (χ1n) is 6.55. The molecule has 0 fully saturated rings. The summed E-state index contributed by atoms with van der Waals surface area (Å²) in [5, 5.41) is 10.3. The number of rotatable bonds is 5. The Hall–Kier alpha value is -1.92. The van der Waals surface area contributed by atoms with Gasteiger partial charge in [0.05, 0.1) is 4.90 Å². The Bertz CT molecular complexity index is 763. The molecule has 0 aliphatic carbocycles. The fourth-order valence-electron chi connectivity index (χ4n) is 2.23. The van der Waals surface area contributed by atoms with E-state index in [1.54, 1.807) is 32.0 Å². The molecule has 5 nitrogen and oxygen atoms in total. The molecule has 0 atom stereocenters. The minimum Gasteiger partial charge on any atom is -0.480 e. The van der Waals surface area contributed by atoms with Crippen LogP contribution in [0, 0.1) is 0 Å². The van der Waals surface area contributed by atoms with Crippen LogP contribution in [0.2, 0.25) is 0 Å². The van der Waals surface area contributed by atoms with Crippen LogP contribution < -0.4 is 0 Å². The van der Waals surface area contributed by atoms with Gasteiger partial charge in [-0.05, 0) is 25.3 Å². The second-order valence-corrected chi connectivity index (χ2v) is 6.87. The van der Waals surface area contributed by atoms with Gasteiger partial charge in [-0.3, -0.25) is 4.79 Å². The van der Waals surface area contributed by atoms with Crippen LogP contribution in [0.4, 0.5) is 0 Å². The normalized spacial score (nSPS) is 12.2. The zero-order valence-electron chi connectivity index (χ0n) is 11.9. The van der Waals surface area contributed by atoms with Gasteiger partial charge in [0.15, 0.2) is 0 Å². The molecule has 1 N–H and O–H groups in total. The second-order valence-electron chi connectivity index (χ2n) is 5.02. The molecule has 0 spiro atoms. The highest BCUT2D eigenvalue weighted by molar-refractivity contribution is 7.89. The van der Waals surface area contributed by atoms with Crippen LogP contribution in [0.1, 0.15) is 13.8 Å². The van der Waals surface area contributed by atoms with E-state index in [0.717, 1.165) is 9.69 Å².